The van der Waals surface area contributed by atoms with Crippen molar-refractivity contribution in [2.45, 2.75) is 24.7 Å². The fourth-order valence-corrected chi connectivity index (χ4v) is 4.97. The average Bonchev–Trinajstić information content (AvgIpc) is 3.64. The van der Waals surface area contributed by atoms with E-state index in [4.69, 9.17) is 9.47 Å². The molecule has 0 aliphatic carbocycles. The van der Waals surface area contributed by atoms with Gasteiger partial charge >= 0.3 is 24.7 Å². The summed E-state index contributed by atoms with van der Waals surface area (Å²) < 4.78 is 178. The van der Waals surface area contributed by atoms with Crippen molar-refractivity contribution in [1.29, 1.82) is 21.0 Å². The lowest BCUT2D eigenvalue weighted by Crippen LogP contribution is -2.13. The number of anilines is 2. The van der Waals surface area contributed by atoms with Crippen molar-refractivity contribution in [3.05, 3.63) is 81.6 Å². The largest absolute Gasteiger partial charge is 0.436 e. The lowest BCUT2D eigenvalue weighted by molar-refractivity contribution is -0.144. The van der Waals surface area contributed by atoms with Crippen LogP contribution >= 0.6 is 0 Å². The van der Waals surface area contributed by atoms with Gasteiger partial charge in [0.15, 0.2) is 22.6 Å². The van der Waals surface area contributed by atoms with Crippen molar-refractivity contribution < 1.29 is 62.2 Å². The second-order valence-corrected chi connectivity index (χ2v) is 9.98. The molecule has 0 fully saturated rings. The van der Waals surface area contributed by atoms with E-state index >= 15 is 0 Å². The Hall–Kier alpha value is -6.54. The molecule has 50 heavy (non-hydrogen) atoms. The van der Waals surface area contributed by atoms with Crippen LogP contribution in [-0.4, -0.2) is 0 Å². The van der Waals surface area contributed by atoms with E-state index in [-0.39, 0.29) is 24.3 Å². The molecule has 0 spiro atoms. The van der Waals surface area contributed by atoms with Crippen molar-refractivity contribution in [3.63, 3.8) is 0 Å². The highest BCUT2D eigenvalue weighted by molar-refractivity contribution is 6.06. The lowest BCUT2D eigenvalue weighted by atomic mass is 9.88. The highest BCUT2D eigenvalue weighted by Crippen LogP contribution is 2.62. The number of halogens is 12. The number of allylic oxidation sites excluding steroid dienone is 2. The molecule has 0 aromatic heterocycles. The van der Waals surface area contributed by atoms with Crippen LogP contribution in [0.2, 0.25) is 0 Å². The Morgan fingerprint density at radius 3 is 1.08 bits per heavy atom. The second kappa shape index (κ2) is 11.6. The number of nitrogens with zero attached hydrogens (tertiary/aromatic N) is 4. The van der Waals surface area contributed by atoms with Crippen LogP contribution in [0.5, 0.6) is 11.5 Å². The minimum atomic E-state index is -5.58. The molecule has 254 valence electrons. The fraction of sp³-hybridized carbons (Fsp3) is 0.133. The summed E-state index contributed by atoms with van der Waals surface area (Å²) in [4.78, 5) is 0. The Bertz CT molecular complexity index is 1990. The summed E-state index contributed by atoms with van der Waals surface area (Å²) in [6.45, 7) is 0. The van der Waals surface area contributed by atoms with Crippen LogP contribution in [0.25, 0.3) is 22.3 Å². The van der Waals surface area contributed by atoms with Gasteiger partial charge in [0.2, 0.25) is 11.8 Å². The van der Waals surface area contributed by atoms with Crippen LogP contribution in [0.15, 0.2) is 59.3 Å². The first-order chi connectivity index (χ1) is 23.1. The molecule has 8 nitrogen and oxygen atoms in total. The SMILES string of the molecule is N#CC(C#N)=C1Nc2c(c(-c3ccc(C(F)(F)F)cc3C(F)(F)F)c3c(c2-c2ccc(C(F)(F)F)cc2C(F)(F)F)OC(=C(C#N)C#N)N3)O1. The first-order valence-corrected chi connectivity index (χ1v) is 13.0. The average molecular weight is 712 g/mol. The number of nitrogens with one attached hydrogen (secondary N) is 2. The standard InChI is InChI=1S/C30H8F12N6O2/c31-27(32,33)13-1-3-15(17(5-13)29(37,38)39)19-21-24(50-25(47-21)11(7-43)8-44)20(22-23(19)49-26(48-22)12(9-45)10-46)16-4-2-14(28(34,35)36)6-18(16)30(40,41)42/h1-6,47-48H. The Morgan fingerprint density at radius 1 is 0.500 bits per heavy atom. The molecule has 0 unspecified atom stereocenters. The zero-order valence-corrected chi connectivity index (χ0v) is 23.6. The topological polar surface area (TPSA) is 138 Å². The van der Waals surface area contributed by atoms with E-state index in [1.54, 1.807) is 0 Å². The van der Waals surface area contributed by atoms with E-state index in [1.165, 1.54) is 24.3 Å². The Kier molecular flexibility index (Phi) is 8.04. The Morgan fingerprint density at radius 2 is 0.820 bits per heavy atom. The lowest BCUT2D eigenvalue weighted by Gasteiger charge is -2.22. The van der Waals surface area contributed by atoms with Gasteiger partial charge in [-0.15, -0.1) is 0 Å². The van der Waals surface area contributed by atoms with Crippen LogP contribution in [0.1, 0.15) is 22.3 Å². The summed E-state index contributed by atoms with van der Waals surface area (Å²) in [5.41, 5.74) is -15.3. The normalized spacial score (nSPS) is 13.7. The van der Waals surface area contributed by atoms with E-state index in [0.717, 1.165) is 0 Å². The summed E-state index contributed by atoms with van der Waals surface area (Å²) in [6.07, 6.45) is -21.8. The van der Waals surface area contributed by atoms with Crippen molar-refractivity contribution in [1.82, 2.24) is 0 Å². The molecule has 5 rings (SSSR count). The van der Waals surface area contributed by atoms with Gasteiger partial charge in [0, 0.05) is 0 Å². The molecule has 20 heteroatoms. The summed E-state index contributed by atoms with van der Waals surface area (Å²) in [5.74, 6) is -3.74. The number of nitriles is 4. The molecular formula is C30H8F12N6O2. The number of fused-ring (bicyclic) bond motifs is 2. The van der Waals surface area contributed by atoms with Crippen molar-refractivity contribution >= 4 is 11.4 Å². The van der Waals surface area contributed by atoms with Crippen molar-refractivity contribution in [2.75, 3.05) is 10.6 Å². The van der Waals surface area contributed by atoms with E-state index in [2.05, 4.69) is 10.6 Å². The molecule has 2 N–H and O–H groups in total. The molecule has 2 aliphatic rings. The molecule has 0 saturated heterocycles. The van der Waals surface area contributed by atoms with Gasteiger partial charge in [-0.1, -0.05) is 12.1 Å². The van der Waals surface area contributed by atoms with Gasteiger partial charge in [-0.2, -0.15) is 73.7 Å². The van der Waals surface area contributed by atoms with Crippen LogP contribution in [-0.2, 0) is 24.7 Å². The third kappa shape index (κ3) is 5.88. The molecule has 2 heterocycles. The number of hydrogen-bond acceptors (Lipinski definition) is 8. The van der Waals surface area contributed by atoms with Gasteiger partial charge in [-0.25, -0.2) is 0 Å². The minimum Gasteiger partial charge on any atom is -0.436 e. The van der Waals surface area contributed by atoms with Gasteiger partial charge in [-0.05, 0) is 35.4 Å². The van der Waals surface area contributed by atoms with Crippen LogP contribution in [0.3, 0.4) is 0 Å². The number of alkyl halides is 12. The predicted molar refractivity (Wildman–Crippen MR) is 142 cm³/mol. The summed E-state index contributed by atoms with van der Waals surface area (Å²) in [6, 6.07) is 5.90. The van der Waals surface area contributed by atoms with E-state index in [0.29, 0.717) is 12.1 Å². The maximum atomic E-state index is 14.4. The minimum absolute atomic E-state index is 0.215. The Labute approximate surface area is 269 Å². The van der Waals surface area contributed by atoms with E-state index in [9.17, 15) is 73.7 Å². The molecule has 0 saturated carbocycles. The van der Waals surface area contributed by atoms with Gasteiger partial charge in [-0.3, -0.25) is 0 Å². The monoisotopic (exact) mass is 712 g/mol. The first kappa shape index (κ1) is 34.8. The third-order valence-electron chi connectivity index (χ3n) is 7.04. The highest BCUT2D eigenvalue weighted by atomic mass is 19.4. The van der Waals surface area contributed by atoms with E-state index in [1.807, 2.05) is 0 Å². The van der Waals surface area contributed by atoms with Gasteiger partial charge < -0.3 is 20.1 Å². The number of hydrogen-bond donors (Lipinski definition) is 2. The number of rotatable bonds is 2. The van der Waals surface area contributed by atoms with Crippen molar-refractivity contribution in [3.8, 4) is 58.0 Å². The molecule has 0 radical (unpaired) electrons. The van der Waals surface area contributed by atoms with Crippen LogP contribution in [0.4, 0.5) is 64.1 Å². The molecule has 3 aromatic carbocycles. The summed E-state index contributed by atoms with van der Waals surface area (Å²) in [5, 5.41) is 42.1. The number of ether oxygens (including phenoxy) is 2. The molecular weight excluding hydrogens is 704 g/mol. The fourth-order valence-electron chi connectivity index (χ4n) is 4.97. The van der Waals surface area contributed by atoms with Crippen molar-refractivity contribution in [2.24, 2.45) is 0 Å². The maximum absolute atomic E-state index is 14.4. The molecule has 2 aliphatic heterocycles. The summed E-state index contributed by atoms with van der Waals surface area (Å²) >= 11 is 0. The molecule has 0 atom stereocenters. The first-order valence-electron chi connectivity index (χ1n) is 13.0. The zero-order valence-electron chi connectivity index (χ0n) is 23.6. The second-order valence-electron chi connectivity index (χ2n) is 9.98. The van der Waals surface area contributed by atoms with E-state index < -0.39 is 115 Å². The zero-order chi connectivity index (χ0) is 37.1. The molecule has 0 bridgehead atoms. The maximum Gasteiger partial charge on any atom is 0.417 e. The number of benzene rings is 3. The van der Waals surface area contributed by atoms with Gasteiger partial charge in [0.1, 0.15) is 24.3 Å². The Balaban J connectivity index is 2.02. The highest BCUT2D eigenvalue weighted by Gasteiger charge is 2.46. The van der Waals surface area contributed by atoms with Crippen LogP contribution < -0.4 is 20.1 Å². The van der Waals surface area contributed by atoms with Gasteiger partial charge in [0.05, 0.1) is 44.8 Å². The van der Waals surface area contributed by atoms with Crippen LogP contribution in [0, 0.1) is 45.3 Å². The predicted octanol–water partition coefficient (Wildman–Crippen LogP) is 9.22. The molecule has 0 amide bonds. The molecule has 3 aromatic rings. The smallest absolute Gasteiger partial charge is 0.417 e. The third-order valence-corrected chi connectivity index (χ3v) is 7.04. The quantitative estimate of drug-likeness (QED) is 0.198. The summed E-state index contributed by atoms with van der Waals surface area (Å²) in [7, 11) is 0. The van der Waals surface area contributed by atoms with Gasteiger partial charge in [0.25, 0.3) is 0 Å².